The summed E-state index contributed by atoms with van der Waals surface area (Å²) >= 11 is 0. The summed E-state index contributed by atoms with van der Waals surface area (Å²) in [5, 5.41) is 16.8. The first-order valence-corrected chi connectivity index (χ1v) is 5.65. The van der Waals surface area contributed by atoms with E-state index in [-0.39, 0.29) is 18.5 Å². The maximum Gasteiger partial charge on any atom is 0.125 e. The van der Waals surface area contributed by atoms with Crippen LogP contribution in [0.15, 0.2) is 18.2 Å². The third-order valence-electron chi connectivity index (χ3n) is 3.15. The van der Waals surface area contributed by atoms with E-state index >= 15 is 0 Å². The summed E-state index contributed by atoms with van der Waals surface area (Å²) in [5.74, 6) is -0.554. The van der Waals surface area contributed by atoms with Crippen molar-refractivity contribution in [2.45, 2.75) is 18.9 Å². The molecule has 2 rings (SSSR count). The van der Waals surface area contributed by atoms with Crippen LogP contribution < -0.4 is 10.6 Å². The lowest BCUT2D eigenvalue weighted by molar-refractivity contribution is 0.266. The fraction of sp³-hybridized carbons (Fsp3) is 0.417. The summed E-state index contributed by atoms with van der Waals surface area (Å²) < 4.78 is 13.2. The number of rotatable bonds is 3. The number of nitrogens with one attached hydrogen (secondary N) is 1. The Bertz CT molecular complexity index is 436. The van der Waals surface area contributed by atoms with E-state index in [4.69, 9.17) is 11.1 Å². The van der Waals surface area contributed by atoms with Gasteiger partial charge in [-0.25, -0.2) is 4.39 Å². The average molecular weight is 237 g/mol. The van der Waals surface area contributed by atoms with E-state index in [0.29, 0.717) is 5.56 Å². The van der Waals surface area contributed by atoms with E-state index in [0.717, 1.165) is 25.1 Å². The number of nitrogen functional groups attached to an aromatic ring is 1. The minimum Gasteiger partial charge on any atom is -0.394 e. The summed E-state index contributed by atoms with van der Waals surface area (Å²) in [6.45, 7) is 0.867. The number of anilines is 1. The van der Waals surface area contributed by atoms with Crippen LogP contribution in [-0.2, 0) is 0 Å². The van der Waals surface area contributed by atoms with E-state index in [9.17, 15) is 9.50 Å². The number of amidine groups is 1. The van der Waals surface area contributed by atoms with Crippen molar-refractivity contribution in [3.63, 3.8) is 0 Å². The number of aliphatic hydroxyl groups excluding tert-OH is 1. The highest BCUT2D eigenvalue weighted by Gasteiger charge is 2.26. The number of hydrogen-bond donors (Lipinski definition) is 3. The highest BCUT2D eigenvalue weighted by Crippen LogP contribution is 2.28. The Morgan fingerprint density at radius 3 is 3.00 bits per heavy atom. The molecule has 5 heteroatoms. The molecule has 1 fully saturated rings. The van der Waals surface area contributed by atoms with Gasteiger partial charge in [-0.1, -0.05) is 0 Å². The molecule has 0 spiro atoms. The van der Waals surface area contributed by atoms with Gasteiger partial charge in [-0.2, -0.15) is 0 Å². The Morgan fingerprint density at radius 2 is 2.35 bits per heavy atom. The van der Waals surface area contributed by atoms with E-state index in [1.54, 1.807) is 6.07 Å². The number of halogens is 1. The zero-order chi connectivity index (χ0) is 12.4. The summed E-state index contributed by atoms with van der Waals surface area (Å²) in [6.07, 6.45) is 1.89. The fourth-order valence-corrected chi connectivity index (χ4v) is 2.32. The van der Waals surface area contributed by atoms with Crippen molar-refractivity contribution in [1.82, 2.24) is 0 Å². The molecule has 0 aromatic heterocycles. The Morgan fingerprint density at radius 1 is 1.59 bits per heavy atom. The molecule has 0 aliphatic carbocycles. The Balaban J connectivity index is 2.40. The van der Waals surface area contributed by atoms with Crippen LogP contribution in [0.5, 0.6) is 0 Å². The van der Waals surface area contributed by atoms with Gasteiger partial charge >= 0.3 is 0 Å². The molecule has 1 heterocycles. The molecule has 1 saturated heterocycles. The van der Waals surface area contributed by atoms with E-state index < -0.39 is 5.82 Å². The molecular weight excluding hydrogens is 221 g/mol. The number of hydrogen-bond acceptors (Lipinski definition) is 3. The highest BCUT2D eigenvalue weighted by molar-refractivity contribution is 6.00. The van der Waals surface area contributed by atoms with Crippen molar-refractivity contribution in [1.29, 1.82) is 5.41 Å². The van der Waals surface area contributed by atoms with Gasteiger partial charge in [0.1, 0.15) is 11.7 Å². The first-order chi connectivity index (χ1) is 8.13. The van der Waals surface area contributed by atoms with Gasteiger partial charge in [-0.15, -0.1) is 0 Å². The number of benzene rings is 1. The fourth-order valence-electron chi connectivity index (χ4n) is 2.32. The predicted molar refractivity (Wildman–Crippen MR) is 64.9 cm³/mol. The van der Waals surface area contributed by atoms with Crippen molar-refractivity contribution in [2.24, 2.45) is 5.73 Å². The van der Waals surface area contributed by atoms with E-state index in [2.05, 4.69) is 0 Å². The molecule has 1 aromatic carbocycles. The maximum atomic E-state index is 13.2. The SMILES string of the molecule is N=C(N)c1cc(F)ccc1N1CCCC1CO. The van der Waals surface area contributed by atoms with Gasteiger partial charge in [0.25, 0.3) is 0 Å². The van der Waals surface area contributed by atoms with E-state index in [1.165, 1.54) is 12.1 Å². The van der Waals surface area contributed by atoms with E-state index in [1.807, 2.05) is 4.90 Å². The molecule has 1 unspecified atom stereocenters. The second-order valence-electron chi connectivity index (χ2n) is 4.25. The molecule has 92 valence electrons. The first-order valence-electron chi connectivity index (χ1n) is 5.65. The van der Waals surface area contributed by atoms with Gasteiger partial charge in [-0.05, 0) is 31.0 Å². The molecule has 1 aromatic rings. The highest BCUT2D eigenvalue weighted by atomic mass is 19.1. The maximum absolute atomic E-state index is 13.2. The largest absolute Gasteiger partial charge is 0.394 e. The summed E-state index contributed by atoms with van der Waals surface area (Å²) in [7, 11) is 0. The van der Waals surface area contributed by atoms with Gasteiger partial charge in [0.2, 0.25) is 0 Å². The number of aliphatic hydroxyl groups is 1. The van der Waals surface area contributed by atoms with Crippen molar-refractivity contribution in [3.8, 4) is 0 Å². The van der Waals surface area contributed by atoms with Crippen molar-refractivity contribution < 1.29 is 9.50 Å². The number of nitrogens with two attached hydrogens (primary N) is 1. The Labute approximate surface area is 99.4 Å². The molecule has 0 bridgehead atoms. The smallest absolute Gasteiger partial charge is 0.125 e. The monoisotopic (exact) mass is 237 g/mol. The molecule has 1 aliphatic heterocycles. The van der Waals surface area contributed by atoms with Crippen LogP contribution >= 0.6 is 0 Å². The Kier molecular flexibility index (Phi) is 3.28. The molecule has 0 saturated carbocycles. The first kappa shape index (κ1) is 11.9. The summed E-state index contributed by atoms with van der Waals surface area (Å²) in [6, 6.07) is 4.29. The normalized spacial score (nSPS) is 19.6. The molecule has 1 atom stereocenters. The van der Waals surface area contributed by atoms with Crippen molar-refractivity contribution in [2.75, 3.05) is 18.1 Å². The van der Waals surface area contributed by atoms with Gasteiger partial charge in [0.15, 0.2) is 0 Å². The lowest BCUT2D eigenvalue weighted by atomic mass is 10.1. The minimum atomic E-state index is -0.404. The van der Waals surface area contributed by atoms with Crippen LogP contribution in [0.3, 0.4) is 0 Å². The molecule has 4 nitrogen and oxygen atoms in total. The standard InChI is InChI=1S/C12H16FN3O/c13-8-3-4-11(10(6-8)12(14)15)16-5-1-2-9(16)7-17/h3-4,6,9,17H,1-2,5,7H2,(H3,14,15). The van der Waals surface area contributed by atoms with Crippen LogP contribution in [0, 0.1) is 11.2 Å². The summed E-state index contributed by atoms with van der Waals surface area (Å²) in [5.41, 5.74) is 6.59. The second-order valence-corrected chi connectivity index (χ2v) is 4.25. The van der Waals surface area contributed by atoms with Gasteiger partial charge < -0.3 is 15.7 Å². The van der Waals surface area contributed by atoms with Crippen LogP contribution in [-0.4, -0.2) is 30.1 Å². The summed E-state index contributed by atoms with van der Waals surface area (Å²) in [4.78, 5) is 2.00. The van der Waals surface area contributed by atoms with Crippen LogP contribution in [0.1, 0.15) is 18.4 Å². The van der Waals surface area contributed by atoms with Gasteiger partial charge in [0, 0.05) is 17.8 Å². The zero-order valence-electron chi connectivity index (χ0n) is 9.49. The topological polar surface area (TPSA) is 73.3 Å². The van der Waals surface area contributed by atoms with Crippen LogP contribution in [0.25, 0.3) is 0 Å². The predicted octanol–water partition coefficient (Wildman–Crippen LogP) is 1.07. The molecular formula is C12H16FN3O. The third-order valence-corrected chi connectivity index (χ3v) is 3.15. The van der Waals surface area contributed by atoms with Gasteiger partial charge in [-0.3, -0.25) is 5.41 Å². The molecule has 4 N–H and O–H groups in total. The van der Waals surface area contributed by atoms with Gasteiger partial charge in [0.05, 0.1) is 12.6 Å². The average Bonchev–Trinajstić information content (AvgIpc) is 2.76. The Hall–Kier alpha value is -1.62. The zero-order valence-corrected chi connectivity index (χ0v) is 9.49. The molecule has 0 radical (unpaired) electrons. The lowest BCUT2D eigenvalue weighted by Gasteiger charge is -2.27. The van der Waals surface area contributed by atoms with Crippen molar-refractivity contribution in [3.05, 3.63) is 29.6 Å². The second kappa shape index (κ2) is 4.71. The lowest BCUT2D eigenvalue weighted by Crippen LogP contribution is -2.33. The molecule has 0 amide bonds. The quantitative estimate of drug-likeness (QED) is 0.544. The van der Waals surface area contributed by atoms with Crippen LogP contribution in [0.4, 0.5) is 10.1 Å². The van der Waals surface area contributed by atoms with Crippen LogP contribution in [0.2, 0.25) is 0 Å². The minimum absolute atomic E-state index is 0.0403. The molecule has 17 heavy (non-hydrogen) atoms. The molecule has 1 aliphatic rings. The third kappa shape index (κ3) is 2.24. The van der Waals surface area contributed by atoms with Crippen molar-refractivity contribution >= 4 is 11.5 Å². The number of nitrogens with zero attached hydrogens (tertiary/aromatic N) is 1.